The fourth-order valence-corrected chi connectivity index (χ4v) is 6.88. The van der Waals surface area contributed by atoms with Crippen molar-refractivity contribution in [1.29, 1.82) is 0 Å². The number of sulfonamides is 1. The maximum atomic E-state index is 12.9. The molecule has 0 radical (unpaired) electrons. The number of nitrogens with one attached hydrogen (secondary N) is 1. The molecule has 2 N–H and O–H groups in total. The average molecular weight is 562 g/mol. The molecule has 10 heteroatoms. The summed E-state index contributed by atoms with van der Waals surface area (Å²) in [7, 11) is -3.67. The van der Waals surface area contributed by atoms with Gasteiger partial charge in [0, 0.05) is 40.7 Å². The Labute approximate surface area is 230 Å². The molecule has 6 rings (SSSR count). The summed E-state index contributed by atoms with van der Waals surface area (Å²) in [5.74, 6) is -0.279. The standard InChI is InChI=1S/C29H27N3O5S2/c1-17-30-15-27(38-17)19-6-8-21(31-14-19)12-20-16-37-26-13-18(7-11-25(26)28(20)33)23-4-2-3-5-24(23)29(34)32-39(35,36)22-9-10-22/h2-8,11,13-15,20,22,28,33H,9-10,12,16H2,1H3,(H,32,34)/t20?,28-/m0/s1. The molecule has 0 bridgehead atoms. The Balaban J connectivity index is 1.19. The zero-order valence-corrected chi connectivity index (χ0v) is 22.8. The number of ether oxygens (including phenoxy) is 1. The van der Waals surface area contributed by atoms with E-state index < -0.39 is 27.3 Å². The summed E-state index contributed by atoms with van der Waals surface area (Å²) in [5, 5.41) is 11.7. The highest BCUT2D eigenvalue weighted by Crippen LogP contribution is 2.40. The average Bonchev–Trinajstić information content (AvgIpc) is 3.72. The van der Waals surface area contributed by atoms with Crippen LogP contribution in [0.5, 0.6) is 5.75 Å². The van der Waals surface area contributed by atoms with Crippen LogP contribution in [0.15, 0.2) is 67.0 Å². The molecule has 4 aromatic rings. The normalized spacial score (nSPS) is 18.7. The zero-order valence-electron chi connectivity index (χ0n) is 21.2. The Morgan fingerprint density at radius 1 is 1.08 bits per heavy atom. The number of aryl methyl sites for hydroxylation is 1. The van der Waals surface area contributed by atoms with Gasteiger partial charge in [-0.1, -0.05) is 36.4 Å². The van der Waals surface area contributed by atoms with Crippen molar-refractivity contribution in [2.45, 2.75) is 37.5 Å². The zero-order chi connectivity index (χ0) is 27.1. The van der Waals surface area contributed by atoms with Gasteiger partial charge in [0.25, 0.3) is 5.91 Å². The molecule has 39 heavy (non-hydrogen) atoms. The number of hydrogen-bond acceptors (Lipinski definition) is 8. The second kappa shape index (κ2) is 10.2. The summed E-state index contributed by atoms with van der Waals surface area (Å²) in [4.78, 5) is 22.8. The summed E-state index contributed by atoms with van der Waals surface area (Å²) in [6, 6.07) is 16.3. The Morgan fingerprint density at radius 3 is 2.59 bits per heavy atom. The van der Waals surface area contributed by atoms with E-state index in [2.05, 4.69) is 14.7 Å². The van der Waals surface area contributed by atoms with Gasteiger partial charge in [-0.05, 0) is 55.5 Å². The molecule has 1 fully saturated rings. The number of amides is 1. The summed E-state index contributed by atoms with van der Waals surface area (Å²) in [6.45, 7) is 2.29. The van der Waals surface area contributed by atoms with Gasteiger partial charge in [0.2, 0.25) is 10.0 Å². The van der Waals surface area contributed by atoms with E-state index in [9.17, 15) is 18.3 Å². The number of hydrogen-bond donors (Lipinski definition) is 2. The fourth-order valence-electron chi connectivity index (χ4n) is 4.82. The summed E-state index contributed by atoms with van der Waals surface area (Å²) in [5.41, 5.74) is 4.11. The van der Waals surface area contributed by atoms with Crippen LogP contribution in [0.1, 0.15) is 45.6 Å². The number of aliphatic hydroxyl groups excluding tert-OH is 1. The minimum Gasteiger partial charge on any atom is -0.493 e. The van der Waals surface area contributed by atoms with Gasteiger partial charge in [-0.2, -0.15) is 0 Å². The van der Waals surface area contributed by atoms with E-state index in [1.165, 1.54) is 0 Å². The molecule has 1 amide bonds. The molecule has 1 saturated carbocycles. The number of aliphatic hydroxyl groups is 1. The van der Waals surface area contributed by atoms with Gasteiger partial charge in [0.1, 0.15) is 5.75 Å². The first-order valence-electron chi connectivity index (χ1n) is 12.8. The Bertz CT molecular complexity index is 1650. The number of aromatic nitrogens is 2. The monoisotopic (exact) mass is 561 g/mol. The molecule has 0 spiro atoms. The molecule has 1 aliphatic heterocycles. The van der Waals surface area contributed by atoms with Gasteiger partial charge >= 0.3 is 0 Å². The molecule has 2 aliphatic rings. The SMILES string of the molecule is Cc1ncc(-c2ccc(CC3COc4cc(-c5ccccc5C(=O)NS(=O)(=O)C5CC5)ccc4[C@H]3O)nc2)s1. The number of nitrogens with zero attached hydrogens (tertiary/aromatic N) is 2. The molecule has 0 saturated heterocycles. The van der Waals surface area contributed by atoms with E-state index in [0.717, 1.165) is 21.1 Å². The highest BCUT2D eigenvalue weighted by molar-refractivity contribution is 7.91. The van der Waals surface area contributed by atoms with Crippen molar-refractivity contribution in [2.24, 2.45) is 5.92 Å². The first kappa shape index (κ1) is 25.7. The predicted molar refractivity (Wildman–Crippen MR) is 149 cm³/mol. The van der Waals surface area contributed by atoms with Crippen molar-refractivity contribution in [2.75, 3.05) is 6.61 Å². The maximum Gasteiger partial charge on any atom is 0.265 e. The fraction of sp³-hybridized carbons (Fsp3) is 0.276. The lowest BCUT2D eigenvalue weighted by atomic mass is 9.88. The molecule has 8 nitrogen and oxygen atoms in total. The number of fused-ring (bicyclic) bond motifs is 1. The summed E-state index contributed by atoms with van der Waals surface area (Å²) >= 11 is 1.62. The molecule has 3 heterocycles. The molecule has 2 atom stereocenters. The highest BCUT2D eigenvalue weighted by atomic mass is 32.2. The maximum absolute atomic E-state index is 12.9. The van der Waals surface area contributed by atoms with Gasteiger partial charge in [0.15, 0.2) is 0 Å². The molecular formula is C29H27N3O5S2. The number of pyridine rings is 1. The lowest BCUT2D eigenvalue weighted by Crippen LogP contribution is -2.33. The van der Waals surface area contributed by atoms with Gasteiger partial charge < -0.3 is 9.84 Å². The van der Waals surface area contributed by atoms with Crippen molar-refractivity contribution < 1.29 is 23.1 Å². The second-order valence-electron chi connectivity index (χ2n) is 9.98. The topological polar surface area (TPSA) is 118 Å². The first-order chi connectivity index (χ1) is 18.8. The van der Waals surface area contributed by atoms with E-state index >= 15 is 0 Å². The minimum atomic E-state index is -3.67. The number of carbonyl (C=O) groups excluding carboxylic acids is 1. The van der Waals surface area contributed by atoms with Gasteiger partial charge in [-0.25, -0.2) is 18.1 Å². The van der Waals surface area contributed by atoms with Crippen LogP contribution in [0.2, 0.25) is 0 Å². The van der Waals surface area contributed by atoms with Crippen LogP contribution in [0.25, 0.3) is 21.6 Å². The van der Waals surface area contributed by atoms with Crippen molar-refractivity contribution in [3.05, 3.63) is 88.8 Å². The second-order valence-corrected chi connectivity index (χ2v) is 13.2. The van der Waals surface area contributed by atoms with Crippen LogP contribution in [0.3, 0.4) is 0 Å². The van der Waals surface area contributed by atoms with Crippen LogP contribution in [-0.2, 0) is 16.4 Å². The summed E-state index contributed by atoms with van der Waals surface area (Å²) < 4.78 is 32.9. The summed E-state index contributed by atoms with van der Waals surface area (Å²) in [6.07, 6.45) is 4.65. The van der Waals surface area contributed by atoms with Crippen LogP contribution >= 0.6 is 11.3 Å². The van der Waals surface area contributed by atoms with Gasteiger partial charge in [-0.15, -0.1) is 11.3 Å². The van der Waals surface area contributed by atoms with E-state index in [4.69, 9.17) is 4.74 Å². The van der Waals surface area contributed by atoms with Gasteiger partial charge in [0.05, 0.1) is 27.8 Å². The lowest BCUT2D eigenvalue weighted by molar-refractivity contribution is 0.0503. The van der Waals surface area contributed by atoms with Gasteiger partial charge in [-0.3, -0.25) is 9.78 Å². The van der Waals surface area contributed by atoms with Crippen LogP contribution in [0, 0.1) is 12.8 Å². The van der Waals surface area contributed by atoms with Crippen molar-refractivity contribution in [3.8, 4) is 27.3 Å². The Morgan fingerprint density at radius 2 is 1.87 bits per heavy atom. The van der Waals surface area contributed by atoms with E-state index in [0.29, 0.717) is 48.3 Å². The predicted octanol–water partition coefficient (Wildman–Crippen LogP) is 4.69. The van der Waals surface area contributed by atoms with Crippen molar-refractivity contribution in [3.63, 3.8) is 0 Å². The van der Waals surface area contributed by atoms with Crippen LogP contribution in [-0.4, -0.2) is 41.3 Å². The third kappa shape index (κ3) is 5.32. The smallest absolute Gasteiger partial charge is 0.265 e. The molecule has 1 aliphatic carbocycles. The number of benzene rings is 2. The molecule has 2 aromatic heterocycles. The Hall–Kier alpha value is -3.60. The van der Waals surface area contributed by atoms with Crippen molar-refractivity contribution >= 4 is 27.3 Å². The van der Waals surface area contributed by atoms with E-state index in [1.807, 2.05) is 37.5 Å². The lowest BCUT2D eigenvalue weighted by Gasteiger charge is -2.30. The van der Waals surface area contributed by atoms with E-state index in [1.54, 1.807) is 47.7 Å². The number of thiazole rings is 1. The largest absolute Gasteiger partial charge is 0.493 e. The quantitative estimate of drug-likeness (QED) is 0.336. The van der Waals surface area contributed by atoms with Crippen LogP contribution in [0.4, 0.5) is 0 Å². The molecule has 2 aromatic carbocycles. The third-order valence-corrected chi connectivity index (χ3v) is 9.90. The van der Waals surface area contributed by atoms with Crippen LogP contribution < -0.4 is 9.46 Å². The van der Waals surface area contributed by atoms with E-state index in [-0.39, 0.29) is 11.5 Å². The minimum absolute atomic E-state index is 0.168. The third-order valence-electron chi connectivity index (χ3n) is 7.11. The number of carbonyl (C=O) groups is 1. The highest BCUT2D eigenvalue weighted by Gasteiger charge is 2.37. The molecule has 1 unspecified atom stereocenters. The first-order valence-corrected chi connectivity index (χ1v) is 15.1. The molecule has 200 valence electrons. The number of rotatable bonds is 7. The molecular weight excluding hydrogens is 534 g/mol. The van der Waals surface area contributed by atoms with Crippen molar-refractivity contribution in [1.82, 2.24) is 14.7 Å². The Kier molecular flexibility index (Phi) is 6.70.